The molecule has 1 atom stereocenters. The average Bonchev–Trinajstić information content (AvgIpc) is 2.65. The molecule has 0 saturated carbocycles. The van der Waals surface area contributed by atoms with E-state index >= 15 is 0 Å². The van der Waals surface area contributed by atoms with Crippen molar-refractivity contribution in [1.82, 2.24) is 4.90 Å². The van der Waals surface area contributed by atoms with Crippen molar-refractivity contribution < 1.29 is 14.3 Å². The lowest BCUT2D eigenvalue weighted by Gasteiger charge is -2.26. The van der Waals surface area contributed by atoms with Crippen molar-refractivity contribution in [2.45, 2.75) is 32.9 Å². The van der Waals surface area contributed by atoms with Gasteiger partial charge in [-0.15, -0.1) is 0 Å². The predicted octanol–water partition coefficient (Wildman–Crippen LogP) is 1.51. The summed E-state index contributed by atoms with van der Waals surface area (Å²) in [4.78, 5) is 13.5. The van der Waals surface area contributed by atoms with Crippen LogP contribution in [-0.4, -0.2) is 34.6 Å². The summed E-state index contributed by atoms with van der Waals surface area (Å²) < 4.78 is 5.04. The second kappa shape index (κ2) is 4.98. The Morgan fingerprint density at radius 3 is 2.60 bits per heavy atom. The predicted molar refractivity (Wildman–Crippen MR) is 56.6 cm³/mol. The lowest BCUT2D eigenvalue weighted by atomic mass is 10.2. The standard InChI is InChI=1S/C11H17NO3/c1-8(2)12(7-9(3)13)11(14)10-5-4-6-15-10/h4-6,8-9,13H,7H2,1-3H3. The minimum absolute atomic E-state index is 0.0391. The van der Waals surface area contributed by atoms with Crippen molar-refractivity contribution in [3.8, 4) is 0 Å². The van der Waals surface area contributed by atoms with Crippen molar-refractivity contribution in [1.29, 1.82) is 0 Å². The molecule has 1 aromatic rings. The van der Waals surface area contributed by atoms with Gasteiger partial charge in [-0.3, -0.25) is 4.79 Å². The molecule has 0 aliphatic heterocycles. The van der Waals surface area contributed by atoms with Crippen LogP contribution in [-0.2, 0) is 0 Å². The van der Waals surface area contributed by atoms with Gasteiger partial charge in [0.1, 0.15) is 0 Å². The van der Waals surface area contributed by atoms with E-state index in [1.807, 2.05) is 13.8 Å². The highest BCUT2D eigenvalue weighted by molar-refractivity contribution is 5.91. The molecule has 4 nitrogen and oxygen atoms in total. The zero-order valence-electron chi connectivity index (χ0n) is 9.30. The zero-order valence-corrected chi connectivity index (χ0v) is 9.30. The van der Waals surface area contributed by atoms with Crippen molar-refractivity contribution in [2.24, 2.45) is 0 Å². The number of aliphatic hydroxyl groups is 1. The fourth-order valence-electron chi connectivity index (χ4n) is 1.35. The van der Waals surface area contributed by atoms with E-state index < -0.39 is 6.10 Å². The summed E-state index contributed by atoms with van der Waals surface area (Å²) in [6.45, 7) is 5.79. The van der Waals surface area contributed by atoms with E-state index in [4.69, 9.17) is 4.42 Å². The summed E-state index contributed by atoms with van der Waals surface area (Å²) in [6.07, 6.45) is 0.931. The third kappa shape index (κ3) is 3.09. The third-order valence-corrected chi connectivity index (χ3v) is 2.08. The zero-order chi connectivity index (χ0) is 11.4. The van der Waals surface area contributed by atoms with Crippen molar-refractivity contribution in [3.63, 3.8) is 0 Å². The van der Waals surface area contributed by atoms with Gasteiger partial charge < -0.3 is 14.4 Å². The van der Waals surface area contributed by atoms with Crippen LogP contribution in [0.25, 0.3) is 0 Å². The fraction of sp³-hybridized carbons (Fsp3) is 0.545. The molecule has 0 aliphatic rings. The van der Waals surface area contributed by atoms with Gasteiger partial charge in [0, 0.05) is 12.6 Å². The number of hydrogen-bond acceptors (Lipinski definition) is 3. The first-order valence-corrected chi connectivity index (χ1v) is 5.05. The van der Waals surface area contributed by atoms with Crippen molar-refractivity contribution >= 4 is 5.91 Å². The van der Waals surface area contributed by atoms with Gasteiger partial charge in [-0.25, -0.2) is 0 Å². The first-order chi connectivity index (χ1) is 7.02. The van der Waals surface area contributed by atoms with Gasteiger partial charge in [-0.1, -0.05) is 0 Å². The summed E-state index contributed by atoms with van der Waals surface area (Å²) in [5.41, 5.74) is 0. The number of hydrogen-bond donors (Lipinski definition) is 1. The van der Waals surface area contributed by atoms with Crippen molar-refractivity contribution in [3.05, 3.63) is 24.2 Å². The number of carbonyl (C=O) groups excluding carboxylic acids is 1. The molecule has 0 saturated heterocycles. The largest absolute Gasteiger partial charge is 0.459 e. The Morgan fingerprint density at radius 2 is 2.20 bits per heavy atom. The van der Waals surface area contributed by atoms with E-state index in [1.54, 1.807) is 24.0 Å². The molecule has 0 fully saturated rings. The minimum atomic E-state index is -0.536. The topological polar surface area (TPSA) is 53.7 Å². The highest BCUT2D eigenvalue weighted by Gasteiger charge is 2.21. The lowest BCUT2D eigenvalue weighted by molar-refractivity contribution is 0.0549. The van der Waals surface area contributed by atoms with Gasteiger partial charge in [0.15, 0.2) is 5.76 Å². The van der Waals surface area contributed by atoms with E-state index in [0.29, 0.717) is 12.3 Å². The molecule has 15 heavy (non-hydrogen) atoms. The second-order valence-electron chi connectivity index (χ2n) is 3.88. The molecule has 0 aliphatic carbocycles. The molecule has 1 amide bonds. The van der Waals surface area contributed by atoms with E-state index in [-0.39, 0.29) is 11.9 Å². The maximum absolute atomic E-state index is 11.9. The molecule has 1 rings (SSSR count). The van der Waals surface area contributed by atoms with E-state index in [1.165, 1.54) is 6.26 Å². The number of carbonyl (C=O) groups is 1. The van der Waals surface area contributed by atoms with Gasteiger partial charge in [0.2, 0.25) is 0 Å². The molecule has 0 bridgehead atoms. The lowest BCUT2D eigenvalue weighted by Crippen LogP contribution is -2.41. The van der Waals surface area contributed by atoms with Crippen LogP contribution in [0.3, 0.4) is 0 Å². The first-order valence-electron chi connectivity index (χ1n) is 5.05. The SMILES string of the molecule is CC(O)CN(C(=O)c1ccco1)C(C)C. The number of nitrogens with zero attached hydrogens (tertiary/aromatic N) is 1. The summed E-state index contributed by atoms with van der Waals surface area (Å²) in [5, 5.41) is 9.29. The molecule has 1 N–H and O–H groups in total. The summed E-state index contributed by atoms with van der Waals surface area (Å²) in [5.74, 6) is 0.125. The van der Waals surface area contributed by atoms with E-state index in [2.05, 4.69) is 0 Å². The smallest absolute Gasteiger partial charge is 0.289 e. The maximum atomic E-state index is 11.9. The highest BCUT2D eigenvalue weighted by atomic mass is 16.3. The number of furan rings is 1. The molecular formula is C11H17NO3. The third-order valence-electron chi connectivity index (χ3n) is 2.08. The molecule has 4 heteroatoms. The van der Waals surface area contributed by atoms with E-state index in [9.17, 15) is 9.90 Å². The van der Waals surface area contributed by atoms with Gasteiger partial charge in [-0.2, -0.15) is 0 Å². The average molecular weight is 211 g/mol. The molecule has 0 spiro atoms. The number of aliphatic hydroxyl groups excluding tert-OH is 1. The molecule has 84 valence electrons. The maximum Gasteiger partial charge on any atom is 0.289 e. The quantitative estimate of drug-likeness (QED) is 0.821. The molecule has 1 aromatic heterocycles. The number of amides is 1. The Morgan fingerprint density at radius 1 is 1.53 bits per heavy atom. The van der Waals surface area contributed by atoms with Crippen LogP contribution in [0.5, 0.6) is 0 Å². The van der Waals surface area contributed by atoms with Gasteiger partial charge in [0.25, 0.3) is 5.91 Å². The molecule has 1 unspecified atom stereocenters. The highest BCUT2D eigenvalue weighted by Crippen LogP contribution is 2.09. The van der Waals surface area contributed by atoms with Crippen molar-refractivity contribution in [2.75, 3.05) is 6.54 Å². The second-order valence-corrected chi connectivity index (χ2v) is 3.88. The Hall–Kier alpha value is -1.29. The van der Waals surface area contributed by atoms with Gasteiger partial charge in [-0.05, 0) is 32.9 Å². The molecule has 0 radical (unpaired) electrons. The van der Waals surface area contributed by atoms with Gasteiger partial charge in [0.05, 0.1) is 12.4 Å². The van der Waals surface area contributed by atoms with Crippen LogP contribution >= 0.6 is 0 Å². The summed E-state index contributed by atoms with van der Waals surface area (Å²) in [7, 11) is 0. The van der Waals surface area contributed by atoms with E-state index in [0.717, 1.165) is 0 Å². The Kier molecular flexibility index (Phi) is 3.91. The van der Waals surface area contributed by atoms with Crippen LogP contribution in [0.2, 0.25) is 0 Å². The molecule has 1 heterocycles. The van der Waals surface area contributed by atoms with Crippen LogP contribution < -0.4 is 0 Å². The van der Waals surface area contributed by atoms with Crippen LogP contribution in [0, 0.1) is 0 Å². The molecule has 0 aromatic carbocycles. The van der Waals surface area contributed by atoms with Crippen LogP contribution in [0.4, 0.5) is 0 Å². The van der Waals surface area contributed by atoms with Gasteiger partial charge >= 0.3 is 0 Å². The monoisotopic (exact) mass is 211 g/mol. The van der Waals surface area contributed by atoms with Crippen LogP contribution in [0.15, 0.2) is 22.8 Å². The normalized spacial score (nSPS) is 12.9. The van der Waals surface area contributed by atoms with Crippen LogP contribution in [0.1, 0.15) is 31.3 Å². The Bertz CT molecular complexity index is 304. The Labute approximate surface area is 89.5 Å². The summed E-state index contributed by atoms with van der Waals surface area (Å²) in [6, 6.07) is 3.34. The minimum Gasteiger partial charge on any atom is -0.459 e. The Balaban J connectivity index is 2.76. The molecular weight excluding hydrogens is 194 g/mol. The fourth-order valence-corrected chi connectivity index (χ4v) is 1.35. The summed E-state index contributed by atoms with van der Waals surface area (Å²) >= 11 is 0. The number of rotatable bonds is 4. The first kappa shape index (κ1) is 11.8.